The number of para-hydroxylation sites is 3. The van der Waals surface area contributed by atoms with Crippen LogP contribution in [0.3, 0.4) is 0 Å². The lowest BCUT2D eigenvalue weighted by Crippen LogP contribution is -2.37. The minimum atomic E-state index is 0.648. The molecule has 23 heavy (non-hydrogen) atoms. The Bertz CT molecular complexity index is 884. The van der Waals surface area contributed by atoms with E-state index in [1.165, 1.54) is 10.9 Å². The van der Waals surface area contributed by atoms with Crippen LogP contribution in [0.25, 0.3) is 10.9 Å². The molecule has 4 rings (SSSR count). The number of aromatic amines is 1. The second-order valence-electron chi connectivity index (χ2n) is 5.63. The van der Waals surface area contributed by atoms with Crippen LogP contribution in [0, 0.1) is 0 Å². The second-order valence-corrected chi connectivity index (χ2v) is 6.02. The molecule has 0 aliphatic carbocycles. The third-order valence-corrected chi connectivity index (χ3v) is 4.74. The molecule has 1 aromatic heterocycles. The van der Waals surface area contributed by atoms with E-state index in [0.717, 1.165) is 40.6 Å². The lowest BCUT2D eigenvalue weighted by atomic mass is 10.0. The normalized spacial score (nSPS) is 14.1. The standard InChI is InChI=1S/C19H18N2OS/c1-2-22-17-10-6-5-9-16(17)21-12-11-14-13-7-3-4-8-15(13)20-18(14)19(21)23/h3-10,20H,2,11-12H2,1H3. The summed E-state index contributed by atoms with van der Waals surface area (Å²) in [6, 6.07) is 16.5. The molecule has 0 bridgehead atoms. The van der Waals surface area contributed by atoms with Crippen LogP contribution >= 0.6 is 12.2 Å². The van der Waals surface area contributed by atoms with E-state index in [-0.39, 0.29) is 0 Å². The van der Waals surface area contributed by atoms with Crippen molar-refractivity contribution in [2.75, 3.05) is 18.1 Å². The molecule has 0 saturated heterocycles. The molecule has 0 atom stereocenters. The molecule has 0 fully saturated rings. The van der Waals surface area contributed by atoms with Crippen LogP contribution in [-0.2, 0) is 6.42 Å². The highest BCUT2D eigenvalue weighted by Crippen LogP contribution is 2.34. The molecule has 0 saturated carbocycles. The first-order chi connectivity index (χ1) is 11.3. The van der Waals surface area contributed by atoms with Crippen molar-refractivity contribution in [1.82, 2.24) is 4.98 Å². The third-order valence-electron chi connectivity index (χ3n) is 4.31. The predicted octanol–water partition coefficient (Wildman–Crippen LogP) is 4.30. The van der Waals surface area contributed by atoms with Gasteiger partial charge in [0.25, 0.3) is 0 Å². The van der Waals surface area contributed by atoms with Gasteiger partial charge in [0.2, 0.25) is 0 Å². The van der Waals surface area contributed by atoms with Crippen LogP contribution in [0.4, 0.5) is 5.69 Å². The molecule has 1 aliphatic rings. The first-order valence-corrected chi connectivity index (χ1v) is 8.33. The summed E-state index contributed by atoms with van der Waals surface area (Å²) in [4.78, 5) is 6.51. The molecule has 2 aromatic carbocycles. The van der Waals surface area contributed by atoms with Gasteiger partial charge in [-0.25, -0.2) is 0 Å². The number of hydrogen-bond donors (Lipinski definition) is 1. The fourth-order valence-corrected chi connectivity index (χ4v) is 3.65. The van der Waals surface area contributed by atoms with Crippen molar-refractivity contribution in [1.29, 1.82) is 0 Å². The van der Waals surface area contributed by atoms with Gasteiger partial charge >= 0.3 is 0 Å². The van der Waals surface area contributed by atoms with Gasteiger partial charge in [-0.15, -0.1) is 0 Å². The molecule has 0 unspecified atom stereocenters. The summed E-state index contributed by atoms with van der Waals surface area (Å²) in [7, 11) is 0. The Morgan fingerprint density at radius 3 is 2.78 bits per heavy atom. The van der Waals surface area contributed by atoms with Gasteiger partial charge in [-0.1, -0.05) is 42.5 Å². The molecule has 0 radical (unpaired) electrons. The summed E-state index contributed by atoms with van der Waals surface area (Å²) in [6.07, 6.45) is 0.972. The van der Waals surface area contributed by atoms with Gasteiger partial charge in [0.1, 0.15) is 10.7 Å². The molecule has 1 aliphatic heterocycles. The van der Waals surface area contributed by atoms with Gasteiger partial charge in [-0.05, 0) is 37.1 Å². The molecule has 0 amide bonds. The second kappa shape index (κ2) is 5.70. The minimum absolute atomic E-state index is 0.648. The van der Waals surface area contributed by atoms with Crippen LogP contribution in [-0.4, -0.2) is 23.1 Å². The Morgan fingerprint density at radius 2 is 1.91 bits per heavy atom. The zero-order valence-corrected chi connectivity index (χ0v) is 13.8. The quantitative estimate of drug-likeness (QED) is 0.729. The summed E-state index contributed by atoms with van der Waals surface area (Å²) in [5, 5.41) is 1.28. The average molecular weight is 322 g/mol. The van der Waals surface area contributed by atoms with E-state index in [0.29, 0.717) is 6.61 Å². The average Bonchev–Trinajstić information content (AvgIpc) is 2.96. The Labute approximate surface area is 140 Å². The topological polar surface area (TPSA) is 28.3 Å². The van der Waals surface area contributed by atoms with E-state index in [2.05, 4.69) is 40.2 Å². The molecule has 116 valence electrons. The molecular weight excluding hydrogens is 304 g/mol. The number of nitrogens with one attached hydrogen (secondary N) is 1. The van der Waals surface area contributed by atoms with E-state index < -0.39 is 0 Å². The van der Waals surface area contributed by atoms with Gasteiger partial charge in [0.15, 0.2) is 0 Å². The summed E-state index contributed by atoms with van der Waals surface area (Å²) >= 11 is 5.79. The number of rotatable bonds is 3. The van der Waals surface area contributed by atoms with Crippen molar-refractivity contribution < 1.29 is 4.74 Å². The van der Waals surface area contributed by atoms with Gasteiger partial charge in [-0.2, -0.15) is 0 Å². The minimum Gasteiger partial charge on any atom is -0.492 e. The number of aromatic nitrogens is 1. The van der Waals surface area contributed by atoms with Gasteiger partial charge in [-0.3, -0.25) is 0 Å². The SMILES string of the molecule is CCOc1ccccc1N1CCc2c([nH]c3ccccc23)C1=S. The van der Waals surface area contributed by atoms with Crippen LogP contribution in [0.1, 0.15) is 18.2 Å². The fraction of sp³-hybridized carbons (Fsp3) is 0.211. The zero-order chi connectivity index (χ0) is 15.8. The monoisotopic (exact) mass is 322 g/mol. The van der Waals surface area contributed by atoms with Crippen LogP contribution in [0.5, 0.6) is 5.75 Å². The van der Waals surface area contributed by atoms with Crippen LogP contribution in [0.2, 0.25) is 0 Å². The molecule has 2 heterocycles. The molecule has 4 heteroatoms. The Kier molecular flexibility index (Phi) is 3.54. The summed E-state index contributed by atoms with van der Waals surface area (Å²) in [5.41, 5.74) is 4.60. The van der Waals surface area contributed by atoms with Gasteiger partial charge in [0.05, 0.1) is 18.0 Å². The predicted molar refractivity (Wildman–Crippen MR) is 98.7 cm³/mol. The first kappa shape index (κ1) is 14.3. The number of fused-ring (bicyclic) bond motifs is 3. The Balaban J connectivity index is 1.78. The third kappa shape index (κ3) is 2.30. The van der Waals surface area contributed by atoms with E-state index in [9.17, 15) is 0 Å². The maximum Gasteiger partial charge on any atom is 0.142 e. The molecule has 3 aromatic rings. The smallest absolute Gasteiger partial charge is 0.142 e. The van der Waals surface area contributed by atoms with E-state index in [1.54, 1.807) is 0 Å². The van der Waals surface area contributed by atoms with Crippen molar-refractivity contribution in [3.63, 3.8) is 0 Å². The number of ether oxygens (including phenoxy) is 1. The van der Waals surface area contributed by atoms with Crippen molar-refractivity contribution in [3.8, 4) is 5.75 Å². The maximum absolute atomic E-state index is 5.79. The lowest BCUT2D eigenvalue weighted by Gasteiger charge is -2.30. The van der Waals surface area contributed by atoms with Crippen LogP contribution in [0.15, 0.2) is 48.5 Å². The fourth-order valence-electron chi connectivity index (χ4n) is 3.29. The Hall–Kier alpha value is -2.33. The molecule has 3 nitrogen and oxygen atoms in total. The highest BCUT2D eigenvalue weighted by atomic mass is 32.1. The highest BCUT2D eigenvalue weighted by Gasteiger charge is 2.27. The van der Waals surface area contributed by atoms with E-state index in [4.69, 9.17) is 17.0 Å². The van der Waals surface area contributed by atoms with Crippen LogP contribution < -0.4 is 9.64 Å². The maximum atomic E-state index is 5.79. The van der Waals surface area contributed by atoms with Crippen molar-refractivity contribution >= 4 is 33.8 Å². The summed E-state index contributed by atoms with van der Waals surface area (Å²) in [5.74, 6) is 0.886. The van der Waals surface area contributed by atoms with E-state index in [1.807, 2.05) is 25.1 Å². The first-order valence-electron chi connectivity index (χ1n) is 7.93. The van der Waals surface area contributed by atoms with E-state index >= 15 is 0 Å². The Morgan fingerprint density at radius 1 is 1.13 bits per heavy atom. The van der Waals surface area contributed by atoms with Gasteiger partial charge < -0.3 is 14.6 Å². The number of thiocarbonyl (C=S) groups is 1. The number of H-pyrrole nitrogens is 1. The molecule has 0 spiro atoms. The highest BCUT2D eigenvalue weighted by molar-refractivity contribution is 7.81. The largest absolute Gasteiger partial charge is 0.492 e. The summed E-state index contributed by atoms with van der Waals surface area (Å²) in [6.45, 7) is 3.52. The number of hydrogen-bond acceptors (Lipinski definition) is 2. The molecule has 1 N–H and O–H groups in total. The van der Waals surface area contributed by atoms with Crippen molar-refractivity contribution in [2.24, 2.45) is 0 Å². The lowest BCUT2D eigenvalue weighted by molar-refractivity contribution is 0.341. The summed E-state index contributed by atoms with van der Waals surface area (Å²) < 4.78 is 5.77. The molecular formula is C19H18N2OS. The number of benzene rings is 2. The zero-order valence-electron chi connectivity index (χ0n) is 13.0. The van der Waals surface area contributed by atoms with Crippen molar-refractivity contribution in [2.45, 2.75) is 13.3 Å². The van der Waals surface area contributed by atoms with Crippen molar-refractivity contribution in [3.05, 3.63) is 59.8 Å². The number of anilines is 1. The number of nitrogens with zero attached hydrogens (tertiary/aromatic N) is 1. The van der Waals surface area contributed by atoms with Gasteiger partial charge in [0, 0.05) is 17.4 Å².